The number of aliphatic hydroxyl groups is 1. The topological polar surface area (TPSA) is 116 Å². The summed E-state index contributed by atoms with van der Waals surface area (Å²) in [4.78, 5) is 8.72. The van der Waals surface area contributed by atoms with Crippen molar-refractivity contribution in [2.75, 3.05) is 12.3 Å². The lowest BCUT2D eigenvalue weighted by Crippen LogP contribution is -2.23. The van der Waals surface area contributed by atoms with Gasteiger partial charge in [0, 0.05) is 11.1 Å². The highest BCUT2D eigenvalue weighted by atomic mass is 32.2. The molecule has 4 aromatic rings. The average molecular weight is 458 g/mol. The fraction of sp³-hybridized carbons (Fsp3) is 0.273. The quantitative estimate of drug-likeness (QED) is 0.458. The molecule has 1 atom stereocenters. The van der Waals surface area contributed by atoms with Gasteiger partial charge in [-0.3, -0.25) is 0 Å². The van der Waals surface area contributed by atoms with Crippen LogP contribution in [0.3, 0.4) is 0 Å². The molecule has 0 aliphatic carbocycles. The van der Waals surface area contributed by atoms with Gasteiger partial charge in [0.2, 0.25) is 16.0 Å². The van der Waals surface area contributed by atoms with Crippen molar-refractivity contribution in [1.29, 1.82) is 0 Å². The van der Waals surface area contributed by atoms with E-state index in [1.807, 2.05) is 6.92 Å². The highest BCUT2D eigenvalue weighted by molar-refractivity contribution is 7.90. The first-order valence-electron chi connectivity index (χ1n) is 10.1. The Kier molecular flexibility index (Phi) is 5.51. The minimum atomic E-state index is -3.75. The van der Waals surface area contributed by atoms with E-state index in [9.17, 15) is 17.9 Å². The number of fused-ring (bicyclic) bond motifs is 1. The van der Waals surface area contributed by atoms with Gasteiger partial charge in [0.1, 0.15) is 5.82 Å². The van der Waals surface area contributed by atoms with E-state index in [0.717, 1.165) is 3.97 Å². The molecule has 32 heavy (non-hydrogen) atoms. The van der Waals surface area contributed by atoms with Gasteiger partial charge in [-0.05, 0) is 57.2 Å². The van der Waals surface area contributed by atoms with Crippen molar-refractivity contribution in [2.24, 2.45) is 0 Å². The molecule has 168 valence electrons. The highest BCUT2D eigenvalue weighted by Gasteiger charge is 2.26. The number of rotatable bonds is 6. The number of imidazole rings is 2. The van der Waals surface area contributed by atoms with E-state index in [0.29, 0.717) is 33.5 Å². The Morgan fingerprint density at radius 1 is 1.09 bits per heavy atom. The van der Waals surface area contributed by atoms with Crippen LogP contribution in [0.2, 0.25) is 0 Å². The molecule has 10 heteroatoms. The molecule has 8 nitrogen and oxygen atoms in total. The Morgan fingerprint density at radius 2 is 1.75 bits per heavy atom. The summed E-state index contributed by atoms with van der Waals surface area (Å²) in [5.41, 5.74) is 9.35. The van der Waals surface area contributed by atoms with E-state index in [-0.39, 0.29) is 24.4 Å². The molecule has 0 aliphatic rings. The molecule has 3 N–H and O–H groups in total. The van der Waals surface area contributed by atoms with Crippen LogP contribution >= 0.6 is 0 Å². The third-order valence-corrected chi connectivity index (χ3v) is 7.50. The molecule has 0 spiro atoms. The third kappa shape index (κ3) is 3.55. The van der Waals surface area contributed by atoms with Gasteiger partial charge in [-0.2, -0.15) is 0 Å². The summed E-state index contributed by atoms with van der Waals surface area (Å²) < 4.78 is 42.2. The predicted octanol–water partition coefficient (Wildman–Crippen LogP) is 3.43. The van der Waals surface area contributed by atoms with E-state index in [4.69, 9.17) is 5.73 Å². The Bertz CT molecular complexity index is 1390. The molecule has 2 aromatic heterocycles. The van der Waals surface area contributed by atoms with Crippen molar-refractivity contribution >= 4 is 27.0 Å². The van der Waals surface area contributed by atoms with Gasteiger partial charge in [0.25, 0.3) is 0 Å². The van der Waals surface area contributed by atoms with Crippen molar-refractivity contribution in [1.82, 2.24) is 18.5 Å². The molecule has 0 unspecified atom stereocenters. The first-order valence-corrected chi connectivity index (χ1v) is 11.6. The molecule has 2 aromatic carbocycles. The second-order valence-corrected chi connectivity index (χ2v) is 10.3. The molecular weight excluding hydrogens is 433 g/mol. The van der Waals surface area contributed by atoms with E-state index >= 15 is 0 Å². The van der Waals surface area contributed by atoms with Crippen molar-refractivity contribution in [3.05, 3.63) is 54.6 Å². The lowest BCUT2D eigenvalue weighted by molar-refractivity contribution is 0.239. The number of anilines is 1. The molecule has 2 heterocycles. The average Bonchev–Trinajstić information content (AvgIpc) is 3.33. The Balaban J connectivity index is 2.00. The zero-order valence-corrected chi connectivity index (χ0v) is 18.7. The van der Waals surface area contributed by atoms with Gasteiger partial charge < -0.3 is 15.4 Å². The zero-order chi connectivity index (χ0) is 23.2. The number of benzene rings is 2. The summed E-state index contributed by atoms with van der Waals surface area (Å²) in [6.45, 7) is 4.87. The maximum Gasteiger partial charge on any atom is 0.244 e. The van der Waals surface area contributed by atoms with E-state index < -0.39 is 15.3 Å². The van der Waals surface area contributed by atoms with Crippen LogP contribution in [-0.2, 0) is 10.0 Å². The molecule has 0 saturated carbocycles. The first kappa shape index (κ1) is 22.0. The number of hydrogen-bond acceptors (Lipinski definition) is 6. The lowest BCUT2D eigenvalue weighted by Gasteiger charge is -2.16. The van der Waals surface area contributed by atoms with Crippen LogP contribution in [0.4, 0.5) is 10.3 Å². The summed E-state index contributed by atoms with van der Waals surface area (Å²) in [5.74, 6) is -0.472. The largest absolute Gasteiger partial charge is 0.394 e. The molecule has 0 amide bonds. The van der Waals surface area contributed by atoms with Crippen molar-refractivity contribution < 1.29 is 17.9 Å². The van der Waals surface area contributed by atoms with Gasteiger partial charge in [0.05, 0.1) is 46.6 Å². The van der Waals surface area contributed by atoms with E-state index in [1.54, 1.807) is 55.1 Å². The molecular formula is C22H24FN5O3S. The number of aromatic nitrogens is 4. The SMILES string of the molecule is CC(C)S(=O)(=O)n1c(N)nc2ccc(-c3c(-c4ccc(F)cc4)ncn3[C@@H](C)CO)cc21. The molecule has 0 bridgehead atoms. The van der Waals surface area contributed by atoms with Crippen LogP contribution in [0, 0.1) is 5.82 Å². The normalized spacial score (nSPS) is 13.2. The van der Waals surface area contributed by atoms with Gasteiger partial charge >= 0.3 is 0 Å². The van der Waals surface area contributed by atoms with Gasteiger partial charge in [-0.15, -0.1) is 0 Å². The highest BCUT2D eigenvalue weighted by Crippen LogP contribution is 2.35. The van der Waals surface area contributed by atoms with Crippen LogP contribution < -0.4 is 5.73 Å². The lowest BCUT2D eigenvalue weighted by atomic mass is 10.0. The molecule has 4 rings (SSSR count). The van der Waals surface area contributed by atoms with E-state index in [2.05, 4.69) is 9.97 Å². The third-order valence-electron chi connectivity index (χ3n) is 5.41. The van der Waals surface area contributed by atoms with Crippen LogP contribution in [-0.4, -0.2) is 43.9 Å². The monoisotopic (exact) mass is 457 g/mol. The van der Waals surface area contributed by atoms with Gasteiger partial charge in [0.15, 0.2) is 0 Å². The summed E-state index contributed by atoms with van der Waals surface area (Å²) >= 11 is 0. The van der Waals surface area contributed by atoms with Crippen LogP contribution in [0.15, 0.2) is 48.8 Å². The maximum absolute atomic E-state index is 13.5. The number of hydrogen-bond donors (Lipinski definition) is 2. The van der Waals surface area contributed by atoms with Crippen molar-refractivity contribution in [3.8, 4) is 22.5 Å². The number of nitrogens with two attached hydrogens (primary N) is 1. The second kappa shape index (κ2) is 8.03. The summed E-state index contributed by atoms with van der Waals surface area (Å²) in [7, 11) is -3.75. The maximum atomic E-state index is 13.5. The molecule has 0 radical (unpaired) electrons. The van der Waals surface area contributed by atoms with Crippen molar-refractivity contribution in [2.45, 2.75) is 32.1 Å². The van der Waals surface area contributed by atoms with Gasteiger partial charge in [-0.1, -0.05) is 6.07 Å². The zero-order valence-electron chi connectivity index (χ0n) is 17.9. The number of aliphatic hydroxyl groups excluding tert-OH is 1. The minimum Gasteiger partial charge on any atom is -0.394 e. The Morgan fingerprint density at radius 3 is 2.38 bits per heavy atom. The van der Waals surface area contributed by atoms with Gasteiger partial charge in [-0.25, -0.2) is 26.7 Å². The fourth-order valence-corrected chi connectivity index (χ4v) is 4.73. The fourth-order valence-electron chi connectivity index (χ4n) is 3.59. The van der Waals surface area contributed by atoms with Crippen LogP contribution in [0.1, 0.15) is 26.8 Å². The summed E-state index contributed by atoms with van der Waals surface area (Å²) in [5, 5.41) is 9.06. The smallest absolute Gasteiger partial charge is 0.244 e. The predicted molar refractivity (Wildman–Crippen MR) is 122 cm³/mol. The first-order chi connectivity index (χ1) is 15.1. The minimum absolute atomic E-state index is 0.109. The molecule has 0 aliphatic heterocycles. The van der Waals surface area contributed by atoms with Crippen LogP contribution in [0.5, 0.6) is 0 Å². The summed E-state index contributed by atoms with van der Waals surface area (Å²) in [6, 6.07) is 10.8. The number of nitrogens with zero attached hydrogens (tertiary/aromatic N) is 4. The second-order valence-electron chi connectivity index (χ2n) is 7.92. The Hall–Kier alpha value is -3.24. The molecule has 0 fully saturated rings. The molecule has 0 saturated heterocycles. The van der Waals surface area contributed by atoms with Crippen LogP contribution in [0.25, 0.3) is 33.5 Å². The standard InChI is InChI=1S/C22H24FN5O3S/c1-13(2)32(30,31)28-19-10-16(6-9-18(19)26-22(28)24)21-20(15-4-7-17(23)8-5-15)25-12-27(21)14(3)11-29/h4-10,12-14,29H,11H2,1-3H3,(H2,24,26)/t14-/m0/s1. The number of halogens is 1. The number of nitrogen functional groups attached to an aromatic ring is 1. The summed E-state index contributed by atoms with van der Waals surface area (Å²) in [6.07, 6.45) is 1.61. The Labute approximate surface area is 185 Å². The van der Waals surface area contributed by atoms with Crippen molar-refractivity contribution in [3.63, 3.8) is 0 Å². The van der Waals surface area contributed by atoms with E-state index in [1.165, 1.54) is 12.1 Å².